The fraction of sp³-hybridized carbons (Fsp3) is 0.200. The van der Waals surface area contributed by atoms with Crippen LogP contribution in [-0.2, 0) is 11.3 Å². The van der Waals surface area contributed by atoms with Gasteiger partial charge in [-0.25, -0.2) is 4.79 Å². The predicted molar refractivity (Wildman–Crippen MR) is 76.0 cm³/mol. The summed E-state index contributed by atoms with van der Waals surface area (Å²) in [6.45, 7) is 1.99. The Balaban J connectivity index is 2.17. The maximum atomic E-state index is 11.3. The van der Waals surface area contributed by atoms with Crippen LogP contribution in [0.15, 0.2) is 42.6 Å². The van der Waals surface area contributed by atoms with Gasteiger partial charge in [0.1, 0.15) is 5.69 Å². The van der Waals surface area contributed by atoms with Gasteiger partial charge in [-0.3, -0.25) is 4.79 Å². The summed E-state index contributed by atoms with van der Waals surface area (Å²) in [6.07, 6.45) is 1.74. The van der Waals surface area contributed by atoms with Crippen LogP contribution >= 0.6 is 0 Å². The first kappa shape index (κ1) is 13.9. The molecule has 0 saturated heterocycles. The molecule has 5 heteroatoms. The van der Waals surface area contributed by atoms with Gasteiger partial charge in [0.2, 0.25) is 5.91 Å². The third kappa shape index (κ3) is 2.88. The van der Waals surface area contributed by atoms with Crippen molar-refractivity contribution in [2.45, 2.75) is 13.5 Å². The largest absolute Gasteiger partial charge is 0.477 e. The van der Waals surface area contributed by atoms with Crippen LogP contribution in [0.3, 0.4) is 0 Å². The molecule has 2 rings (SSSR count). The topological polar surface area (TPSA) is 62.5 Å². The van der Waals surface area contributed by atoms with E-state index in [1.165, 1.54) is 6.92 Å². The summed E-state index contributed by atoms with van der Waals surface area (Å²) >= 11 is 0. The Morgan fingerprint density at radius 3 is 2.40 bits per heavy atom. The normalized spacial score (nSPS) is 10.3. The van der Waals surface area contributed by atoms with Crippen molar-refractivity contribution in [3.05, 3.63) is 53.9 Å². The van der Waals surface area contributed by atoms with Gasteiger partial charge in [0, 0.05) is 32.4 Å². The number of aromatic carboxylic acids is 1. The SMILES string of the molecule is CC(=O)N(C)c1ccc(Cn2cccc2C(=O)O)cc1. The number of amides is 1. The Labute approximate surface area is 117 Å². The first-order valence-electron chi connectivity index (χ1n) is 6.20. The van der Waals surface area contributed by atoms with Crippen LogP contribution in [0.2, 0.25) is 0 Å². The summed E-state index contributed by atoms with van der Waals surface area (Å²) in [5, 5.41) is 9.05. The molecule has 104 valence electrons. The van der Waals surface area contributed by atoms with Gasteiger partial charge >= 0.3 is 5.97 Å². The second-order valence-corrected chi connectivity index (χ2v) is 4.57. The molecule has 1 N–H and O–H groups in total. The standard InChI is InChI=1S/C15H16N2O3/c1-11(18)16(2)13-7-5-12(6-8-13)10-17-9-3-4-14(17)15(19)20/h3-9H,10H2,1-2H3,(H,19,20). The van der Waals surface area contributed by atoms with Crippen molar-refractivity contribution in [2.24, 2.45) is 0 Å². The number of nitrogens with zero attached hydrogens (tertiary/aromatic N) is 2. The predicted octanol–water partition coefficient (Wildman–Crippen LogP) is 2.22. The number of carboxylic acid groups (broad SMARTS) is 1. The highest BCUT2D eigenvalue weighted by molar-refractivity contribution is 5.90. The summed E-state index contributed by atoms with van der Waals surface area (Å²) in [7, 11) is 1.71. The number of hydrogen-bond donors (Lipinski definition) is 1. The lowest BCUT2D eigenvalue weighted by Crippen LogP contribution is -2.22. The Bertz CT molecular complexity index is 629. The van der Waals surface area contributed by atoms with Crippen LogP contribution in [0, 0.1) is 0 Å². The molecule has 1 aromatic heterocycles. The van der Waals surface area contributed by atoms with Gasteiger partial charge < -0.3 is 14.6 Å². The number of aromatic nitrogens is 1. The lowest BCUT2D eigenvalue weighted by Gasteiger charge is -2.15. The highest BCUT2D eigenvalue weighted by Gasteiger charge is 2.09. The lowest BCUT2D eigenvalue weighted by molar-refractivity contribution is -0.116. The smallest absolute Gasteiger partial charge is 0.352 e. The molecule has 0 aliphatic rings. The van der Waals surface area contributed by atoms with E-state index in [2.05, 4.69) is 0 Å². The highest BCUT2D eigenvalue weighted by Crippen LogP contribution is 2.15. The quantitative estimate of drug-likeness (QED) is 0.928. The molecule has 2 aromatic rings. The molecular formula is C15H16N2O3. The van der Waals surface area contributed by atoms with Crippen LogP contribution < -0.4 is 4.90 Å². The Kier molecular flexibility index (Phi) is 3.89. The Morgan fingerprint density at radius 2 is 1.85 bits per heavy atom. The number of anilines is 1. The minimum atomic E-state index is -0.942. The fourth-order valence-corrected chi connectivity index (χ4v) is 1.95. The first-order valence-corrected chi connectivity index (χ1v) is 6.20. The van der Waals surface area contributed by atoms with E-state index in [-0.39, 0.29) is 11.6 Å². The zero-order valence-corrected chi connectivity index (χ0v) is 11.4. The second kappa shape index (κ2) is 5.61. The summed E-state index contributed by atoms with van der Waals surface area (Å²) in [4.78, 5) is 23.8. The minimum Gasteiger partial charge on any atom is -0.477 e. The third-order valence-corrected chi connectivity index (χ3v) is 3.20. The molecule has 0 unspecified atom stereocenters. The molecule has 0 aliphatic carbocycles. The Morgan fingerprint density at radius 1 is 1.20 bits per heavy atom. The Hall–Kier alpha value is -2.56. The molecular weight excluding hydrogens is 256 g/mol. The van der Waals surface area contributed by atoms with Gasteiger partial charge in [0.15, 0.2) is 0 Å². The number of carbonyl (C=O) groups excluding carboxylic acids is 1. The zero-order chi connectivity index (χ0) is 14.7. The van der Waals surface area contributed by atoms with Crippen molar-refractivity contribution < 1.29 is 14.7 Å². The highest BCUT2D eigenvalue weighted by atomic mass is 16.4. The molecule has 0 fully saturated rings. The van der Waals surface area contributed by atoms with Crippen molar-refractivity contribution >= 4 is 17.6 Å². The summed E-state index contributed by atoms with van der Waals surface area (Å²) in [6, 6.07) is 10.8. The summed E-state index contributed by atoms with van der Waals surface area (Å²) in [5.41, 5.74) is 2.05. The number of hydrogen-bond acceptors (Lipinski definition) is 2. The molecule has 0 saturated carbocycles. The van der Waals surface area contributed by atoms with Gasteiger partial charge in [-0.1, -0.05) is 12.1 Å². The van der Waals surface area contributed by atoms with Crippen LogP contribution in [0.25, 0.3) is 0 Å². The maximum Gasteiger partial charge on any atom is 0.352 e. The van der Waals surface area contributed by atoms with Crippen LogP contribution in [-0.4, -0.2) is 28.6 Å². The van der Waals surface area contributed by atoms with Crippen LogP contribution in [0.5, 0.6) is 0 Å². The third-order valence-electron chi connectivity index (χ3n) is 3.20. The molecule has 0 aliphatic heterocycles. The maximum absolute atomic E-state index is 11.3. The van der Waals surface area contributed by atoms with Crippen molar-refractivity contribution in [3.63, 3.8) is 0 Å². The van der Waals surface area contributed by atoms with E-state index in [9.17, 15) is 9.59 Å². The molecule has 0 atom stereocenters. The van der Waals surface area contributed by atoms with Crippen LogP contribution in [0.4, 0.5) is 5.69 Å². The summed E-state index contributed by atoms with van der Waals surface area (Å²) in [5.74, 6) is -0.973. The van der Waals surface area contributed by atoms with Gasteiger partial charge in [0.25, 0.3) is 0 Å². The van der Waals surface area contributed by atoms with Crippen molar-refractivity contribution in [1.29, 1.82) is 0 Å². The van der Waals surface area contributed by atoms with E-state index >= 15 is 0 Å². The van der Waals surface area contributed by atoms with E-state index in [0.717, 1.165) is 11.3 Å². The summed E-state index contributed by atoms with van der Waals surface area (Å²) < 4.78 is 1.67. The number of carbonyl (C=O) groups is 2. The van der Waals surface area contributed by atoms with Crippen molar-refractivity contribution in [1.82, 2.24) is 4.57 Å². The van der Waals surface area contributed by atoms with Gasteiger partial charge in [-0.05, 0) is 29.8 Å². The van der Waals surface area contributed by atoms with Gasteiger partial charge in [-0.2, -0.15) is 0 Å². The first-order chi connectivity index (χ1) is 9.49. The fourth-order valence-electron chi connectivity index (χ4n) is 1.95. The van der Waals surface area contributed by atoms with E-state index in [1.54, 1.807) is 34.8 Å². The molecule has 1 aromatic carbocycles. The van der Waals surface area contributed by atoms with Gasteiger partial charge in [-0.15, -0.1) is 0 Å². The van der Waals surface area contributed by atoms with Gasteiger partial charge in [0.05, 0.1) is 0 Å². The second-order valence-electron chi connectivity index (χ2n) is 4.57. The zero-order valence-electron chi connectivity index (χ0n) is 11.4. The average molecular weight is 272 g/mol. The molecule has 1 amide bonds. The average Bonchev–Trinajstić information content (AvgIpc) is 2.87. The molecule has 0 radical (unpaired) electrons. The number of rotatable bonds is 4. The van der Waals surface area contributed by atoms with E-state index in [4.69, 9.17) is 5.11 Å². The molecule has 0 bridgehead atoms. The van der Waals surface area contributed by atoms with E-state index < -0.39 is 5.97 Å². The number of carboxylic acids is 1. The molecule has 0 spiro atoms. The van der Waals surface area contributed by atoms with Crippen molar-refractivity contribution in [2.75, 3.05) is 11.9 Å². The monoisotopic (exact) mass is 272 g/mol. The molecule has 20 heavy (non-hydrogen) atoms. The van der Waals surface area contributed by atoms with Crippen LogP contribution in [0.1, 0.15) is 23.0 Å². The number of benzene rings is 1. The molecule has 1 heterocycles. The van der Waals surface area contributed by atoms with E-state index in [0.29, 0.717) is 6.54 Å². The van der Waals surface area contributed by atoms with Crippen molar-refractivity contribution in [3.8, 4) is 0 Å². The molecule has 5 nitrogen and oxygen atoms in total. The van der Waals surface area contributed by atoms with E-state index in [1.807, 2.05) is 24.3 Å². The minimum absolute atomic E-state index is 0.0312. The lowest BCUT2D eigenvalue weighted by atomic mass is 10.2.